The molecule has 1 unspecified atom stereocenters. The van der Waals surface area contributed by atoms with Crippen molar-refractivity contribution in [1.82, 2.24) is 10.2 Å². The first-order valence-corrected chi connectivity index (χ1v) is 11.7. The van der Waals surface area contributed by atoms with Crippen molar-refractivity contribution >= 4 is 49.5 Å². The SMILES string of the molecule is COc1cc(C(CNC(=O)[C@@H]2CCCN2C)Sc2ccccc2)c(Br)cc1Br. The molecule has 1 fully saturated rings. The van der Waals surface area contributed by atoms with Crippen molar-refractivity contribution in [3.05, 3.63) is 57.0 Å². The van der Waals surface area contributed by atoms with Crippen LogP contribution < -0.4 is 10.1 Å². The summed E-state index contributed by atoms with van der Waals surface area (Å²) in [5.74, 6) is 0.887. The summed E-state index contributed by atoms with van der Waals surface area (Å²) >= 11 is 8.96. The molecule has 7 heteroatoms. The van der Waals surface area contributed by atoms with E-state index in [4.69, 9.17) is 4.74 Å². The van der Waals surface area contributed by atoms with Gasteiger partial charge in [-0.05, 0) is 72.2 Å². The van der Waals surface area contributed by atoms with Crippen LogP contribution in [0.15, 0.2) is 56.3 Å². The quantitative estimate of drug-likeness (QED) is 0.498. The number of carbonyl (C=O) groups is 1. The molecule has 4 nitrogen and oxygen atoms in total. The predicted octanol–water partition coefficient (Wildman–Crippen LogP) is 5.26. The lowest BCUT2D eigenvalue weighted by Crippen LogP contribution is -2.42. The maximum absolute atomic E-state index is 12.7. The molecule has 0 aromatic heterocycles. The minimum absolute atomic E-state index is 0.0229. The van der Waals surface area contributed by atoms with Gasteiger partial charge in [0, 0.05) is 15.9 Å². The van der Waals surface area contributed by atoms with Gasteiger partial charge in [-0.3, -0.25) is 9.69 Å². The number of rotatable bonds is 7. The second-order valence-electron chi connectivity index (χ2n) is 6.81. The van der Waals surface area contributed by atoms with Gasteiger partial charge < -0.3 is 10.1 Å². The average molecular weight is 528 g/mol. The zero-order chi connectivity index (χ0) is 20.1. The summed E-state index contributed by atoms with van der Waals surface area (Å²) in [7, 11) is 3.68. The molecule has 1 amide bonds. The Balaban J connectivity index is 1.82. The van der Waals surface area contributed by atoms with Gasteiger partial charge in [0.1, 0.15) is 5.75 Å². The molecule has 1 aliphatic rings. The van der Waals surface area contributed by atoms with E-state index in [1.54, 1.807) is 18.9 Å². The number of thioether (sulfide) groups is 1. The number of methoxy groups -OCH3 is 1. The normalized spacial score (nSPS) is 18.1. The minimum Gasteiger partial charge on any atom is -0.496 e. The van der Waals surface area contributed by atoms with Gasteiger partial charge >= 0.3 is 0 Å². The fourth-order valence-corrected chi connectivity index (χ4v) is 6.09. The highest BCUT2D eigenvalue weighted by atomic mass is 79.9. The van der Waals surface area contributed by atoms with Gasteiger partial charge in [-0.2, -0.15) is 0 Å². The van der Waals surface area contributed by atoms with Crippen molar-refractivity contribution in [2.24, 2.45) is 0 Å². The van der Waals surface area contributed by atoms with E-state index < -0.39 is 0 Å². The Morgan fingerprint density at radius 1 is 1.29 bits per heavy atom. The number of hydrogen-bond acceptors (Lipinski definition) is 4. The van der Waals surface area contributed by atoms with E-state index in [2.05, 4.69) is 54.2 Å². The average Bonchev–Trinajstić information content (AvgIpc) is 3.12. The second-order valence-corrected chi connectivity index (χ2v) is 9.80. The van der Waals surface area contributed by atoms with E-state index >= 15 is 0 Å². The largest absolute Gasteiger partial charge is 0.496 e. The standard InChI is InChI=1S/C21H24Br2N2O2S/c1-25-10-6-9-18(25)21(26)24-13-20(28-14-7-4-3-5-8-14)15-11-19(27-2)17(23)12-16(15)22/h3-5,7-8,11-12,18,20H,6,9-10,13H2,1-2H3,(H,24,26)/t18-,20?/m0/s1. The zero-order valence-electron chi connectivity index (χ0n) is 16.0. The Labute approximate surface area is 187 Å². The van der Waals surface area contributed by atoms with E-state index in [1.807, 2.05) is 37.4 Å². The monoisotopic (exact) mass is 526 g/mol. The van der Waals surface area contributed by atoms with Gasteiger partial charge in [0.2, 0.25) is 5.91 Å². The minimum atomic E-state index is -0.0229. The number of amides is 1. The Kier molecular flexibility index (Phi) is 7.85. The molecule has 1 heterocycles. The fourth-order valence-electron chi connectivity index (χ4n) is 3.38. The molecular formula is C21H24Br2N2O2S. The number of likely N-dealkylation sites (tertiary alicyclic amines) is 1. The second kappa shape index (κ2) is 10.1. The third-order valence-electron chi connectivity index (χ3n) is 4.92. The summed E-state index contributed by atoms with van der Waals surface area (Å²) in [6.45, 7) is 1.53. The van der Waals surface area contributed by atoms with E-state index in [1.165, 1.54) is 0 Å². The molecule has 3 rings (SSSR count). The molecule has 0 spiro atoms. The van der Waals surface area contributed by atoms with E-state index in [0.29, 0.717) is 6.54 Å². The first-order chi connectivity index (χ1) is 13.5. The molecule has 28 heavy (non-hydrogen) atoms. The van der Waals surface area contributed by atoms with Crippen LogP contribution in [-0.4, -0.2) is 44.1 Å². The fraction of sp³-hybridized carbons (Fsp3) is 0.381. The lowest BCUT2D eigenvalue weighted by Gasteiger charge is -2.23. The van der Waals surface area contributed by atoms with Crippen LogP contribution in [0.4, 0.5) is 0 Å². The van der Waals surface area contributed by atoms with Crippen LogP contribution in [0.25, 0.3) is 0 Å². The van der Waals surface area contributed by atoms with Gasteiger partial charge in [0.05, 0.1) is 22.9 Å². The Morgan fingerprint density at radius 3 is 2.68 bits per heavy atom. The van der Waals surface area contributed by atoms with Crippen molar-refractivity contribution in [3.63, 3.8) is 0 Å². The number of carbonyl (C=O) groups excluding carboxylic acids is 1. The summed E-state index contributed by atoms with van der Waals surface area (Å²) in [4.78, 5) is 16.0. The topological polar surface area (TPSA) is 41.6 Å². The lowest BCUT2D eigenvalue weighted by molar-refractivity contribution is -0.125. The van der Waals surface area contributed by atoms with E-state index in [9.17, 15) is 4.79 Å². The molecule has 1 saturated heterocycles. The number of benzene rings is 2. The molecule has 0 aliphatic carbocycles. The highest BCUT2D eigenvalue weighted by molar-refractivity contribution is 9.11. The third kappa shape index (κ3) is 5.32. The molecule has 0 radical (unpaired) electrons. The van der Waals surface area contributed by atoms with Crippen molar-refractivity contribution in [3.8, 4) is 5.75 Å². The Morgan fingerprint density at radius 2 is 2.04 bits per heavy atom. The van der Waals surface area contributed by atoms with Crippen LogP contribution in [0.3, 0.4) is 0 Å². The highest BCUT2D eigenvalue weighted by Gasteiger charge is 2.28. The Hall–Kier alpha value is -1.02. The van der Waals surface area contributed by atoms with Crippen molar-refractivity contribution in [2.75, 3.05) is 27.2 Å². The highest BCUT2D eigenvalue weighted by Crippen LogP contribution is 2.42. The molecule has 2 atom stereocenters. The first kappa shape index (κ1) is 21.7. The third-order valence-corrected chi connectivity index (χ3v) is 7.48. The smallest absolute Gasteiger partial charge is 0.237 e. The van der Waals surface area contributed by atoms with E-state index in [0.717, 1.165) is 44.5 Å². The van der Waals surface area contributed by atoms with Crippen molar-refractivity contribution < 1.29 is 9.53 Å². The lowest BCUT2D eigenvalue weighted by atomic mass is 10.1. The van der Waals surface area contributed by atoms with Gasteiger partial charge in [0.25, 0.3) is 0 Å². The summed E-state index contributed by atoms with van der Waals surface area (Å²) in [6, 6.07) is 14.3. The molecule has 2 aromatic rings. The number of nitrogens with one attached hydrogen (secondary N) is 1. The van der Waals surface area contributed by atoms with Crippen molar-refractivity contribution in [2.45, 2.75) is 29.0 Å². The van der Waals surface area contributed by atoms with Crippen LogP contribution in [-0.2, 0) is 4.79 Å². The summed E-state index contributed by atoms with van der Waals surface area (Å²) in [6.07, 6.45) is 2.00. The van der Waals surface area contributed by atoms with Gasteiger partial charge in [-0.1, -0.05) is 34.1 Å². The molecule has 0 saturated carbocycles. The Bertz CT molecular complexity index is 820. The van der Waals surface area contributed by atoms with Gasteiger partial charge in [0.15, 0.2) is 0 Å². The number of hydrogen-bond donors (Lipinski definition) is 1. The van der Waals surface area contributed by atoms with Crippen LogP contribution >= 0.6 is 43.6 Å². The maximum atomic E-state index is 12.7. The number of likely N-dealkylation sites (N-methyl/N-ethyl adjacent to an activating group) is 1. The number of ether oxygens (including phenoxy) is 1. The molecule has 0 bridgehead atoms. The number of nitrogens with zero attached hydrogens (tertiary/aromatic N) is 1. The van der Waals surface area contributed by atoms with Gasteiger partial charge in [-0.15, -0.1) is 11.8 Å². The zero-order valence-corrected chi connectivity index (χ0v) is 19.9. The van der Waals surface area contributed by atoms with Crippen molar-refractivity contribution in [1.29, 1.82) is 0 Å². The first-order valence-electron chi connectivity index (χ1n) is 9.22. The predicted molar refractivity (Wildman–Crippen MR) is 122 cm³/mol. The molecular weight excluding hydrogens is 504 g/mol. The maximum Gasteiger partial charge on any atom is 0.237 e. The number of halogens is 2. The van der Waals surface area contributed by atoms with Crippen LogP contribution in [0.5, 0.6) is 5.75 Å². The summed E-state index contributed by atoms with van der Waals surface area (Å²) < 4.78 is 7.37. The molecule has 1 N–H and O–H groups in total. The van der Waals surface area contributed by atoms with E-state index in [-0.39, 0.29) is 17.2 Å². The summed E-state index contributed by atoms with van der Waals surface area (Å²) in [5.41, 5.74) is 1.09. The van der Waals surface area contributed by atoms with Crippen LogP contribution in [0, 0.1) is 0 Å². The molecule has 2 aromatic carbocycles. The molecule has 1 aliphatic heterocycles. The molecule has 150 valence electrons. The van der Waals surface area contributed by atoms with Gasteiger partial charge in [-0.25, -0.2) is 0 Å². The summed E-state index contributed by atoms with van der Waals surface area (Å²) in [5, 5.41) is 3.23. The van der Waals surface area contributed by atoms with Crippen LogP contribution in [0.1, 0.15) is 23.7 Å². The van der Waals surface area contributed by atoms with Crippen LogP contribution in [0.2, 0.25) is 0 Å².